The summed E-state index contributed by atoms with van der Waals surface area (Å²) in [5.74, 6) is -0.127. The van der Waals surface area contributed by atoms with E-state index in [4.69, 9.17) is 4.74 Å². The van der Waals surface area contributed by atoms with Crippen LogP contribution in [0, 0.1) is 5.92 Å². The molecule has 0 saturated heterocycles. The summed E-state index contributed by atoms with van der Waals surface area (Å²) in [6.45, 7) is 3.19. The highest BCUT2D eigenvalue weighted by molar-refractivity contribution is 7.88. The fourth-order valence-corrected chi connectivity index (χ4v) is 2.83. The van der Waals surface area contributed by atoms with E-state index in [0.717, 1.165) is 31.9 Å². The molecule has 2 N–H and O–H groups in total. The maximum absolute atomic E-state index is 11.7. The van der Waals surface area contributed by atoms with Gasteiger partial charge in [-0.25, -0.2) is 13.1 Å². The van der Waals surface area contributed by atoms with E-state index in [1.54, 1.807) is 0 Å². The summed E-state index contributed by atoms with van der Waals surface area (Å²) >= 11 is 0. The van der Waals surface area contributed by atoms with Gasteiger partial charge in [0.25, 0.3) is 0 Å². The summed E-state index contributed by atoms with van der Waals surface area (Å²) in [6, 6.07) is 0.268. The summed E-state index contributed by atoms with van der Waals surface area (Å²) < 4.78 is 29.3. The van der Waals surface area contributed by atoms with Crippen LogP contribution in [-0.2, 0) is 19.6 Å². The van der Waals surface area contributed by atoms with E-state index in [9.17, 15) is 13.2 Å². The van der Waals surface area contributed by atoms with Crippen molar-refractivity contribution in [3.05, 3.63) is 0 Å². The lowest BCUT2D eigenvalue weighted by molar-refractivity contribution is -0.149. The third-order valence-electron chi connectivity index (χ3n) is 3.22. The molecular weight excluding hydrogens is 268 g/mol. The molecule has 2 atom stereocenters. The second-order valence-electron chi connectivity index (χ2n) is 4.93. The normalized spacial score (nSPS) is 24.1. The van der Waals surface area contributed by atoms with E-state index >= 15 is 0 Å². The number of ether oxygens (including phenoxy) is 1. The molecule has 1 saturated carbocycles. The van der Waals surface area contributed by atoms with Gasteiger partial charge in [0.2, 0.25) is 10.0 Å². The van der Waals surface area contributed by atoms with Gasteiger partial charge in [-0.1, -0.05) is 6.42 Å². The van der Waals surface area contributed by atoms with Crippen LogP contribution in [0.3, 0.4) is 0 Å². The predicted molar refractivity (Wildman–Crippen MR) is 73.2 cm³/mol. The van der Waals surface area contributed by atoms with Crippen LogP contribution in [0.4, 0.5) is 0 Å². The Morgan fingerprint density at radius 2 is 2.05 bits per heavy atom. The second-order valence-corrected chi connectivity index (χ2v) is 6.77. The first-order valence-electron chi connectivity index (χ1n) is 6.77. The molecule has 2 unspecified atom stereocenters. The van der Waals surface area contributed by atoms with Crippen LogP contribution < -0.4 is 10.0 Å². The Labute approximate surface area is 115 Å². The quantitative estimate of drug-likeness (QED) is 0.519. The lowest BCUT2D eigenvalue weighted by atomic mass is 9.86. The average molecular weight is 292 g/mol. The molecular formula is C12H24N2O4S. The molecule has 19 heavy (non-hydrogen) atoms. The van der Waals surface area contributed by atoms with Crippen LogP contribution >= 0.6 is 0 Å². The molecule has 1 rings (SSSR count). The standard InChI is InChI=1S/C12H24N2O4S/c1-3-18-12(15)10-5-4-6-11(9-10)13-7-8-14-19(2,16)17/h10-11,13-14H,3-9H2,1-2H3. The number of nitrogens with one attached hydrogen (secondary N) is 2. The highest BCUT2D eigenvalue weighted by Gasteiger charge is 2.27. The number of hydrogen-bond acceptors (Lipinski definition) is 5. The summed E-state index contributed by atoms with van der Waals surface area (Å²) in [5.41, 5.74) is 0. The molecule has 0 bridgehead atoms. The SMILES string of the molecule is CCOC(=O)C1CCCC(NCCNS(C)(=O)=O)C1. The van der Waals surface area contributed by atoms with Crippen molar-refractivity contribution in [2.24, 2.45) is 5.92 Å². The first-order valence-corrected chi connectivity index (χ1v) is 8.66. The molecule has 0 aromatic heterocycles. The molecule has 0 aromatic rings. The van der Waals surface area contributed by atoms with E-state index in [1.165, 1.54) is 0 Å². The maximum Gasteiger partial charge on any atom is 0.308 e. The van der Waals surface area contributed by atoms with Crippen LogP contribution in [0.25, 0.3) is 0 Å². The minimum Gasteiger partial charge on any atom is -0.466 e. The highest BCUT2D eigenvalue weighted by atomic mass is 32.2. The molecule has 0 radical (unpaired) electrons. The zero-order valence-corrected chi connectivity index (χ0v) is 12.5. The fraction of sp³-hybridized carbons (Fsp3) is 0.917. The Morgan fingerprint density at radius 3 is 2.68 bits per heavy atom. The monoisotopic (exact) mass is 292 g/mol. The third kappa shape index (κ3) is 6.89. The van der Waals surface area contributed by atoms with Gasteiger partial charge in [0.1, 0.15) is 0 Å². The summed E-state index contributed by atoms with van der Waals surface area (Å²) in [6.07, 6.45) is 4.83. The molecule has 1 aliphatic carbocycles. The van der Waals surface area contributed by atoms with Crippen LogP contribution in [0.2, 0.25) is 0 Å². The molecule has 0 aliphatic heterocycles. The minimum atomic E-state index is -3.12. The topological polar surface area (TPSA) is 84.5 Å². The number of sulfonamides is 1. The van der Waals surface area contributed by atoms with Crippen molar-refractivity contribution in [2.45, 2.75) is 38.6 Å². The van der Waals surface area contributed by atoms with Gasteiger partial charge < -0.3 is 10.1 Å². The zero-order chi connectivity index (χ0) is 14.3. The molecule has 0 heterocycles. The Balaban J connectivity index is 2.25. The summed E-state index contributed by atoms with van der Waals surface area (Å²) in [7, 11) is -3.12. The third-order valence-corrected chi connectivity index (χ3v) is 3.94. The molecule has 0 aromatic carbocycles. The van der Waals surface area contributed by atoms with Gasteiger partial charge in [-0.05, 0) is 26.2 Å². The van der Waals surface area contributed by atoms with Crippen molar-refractivity contribution >= 4 is 16.0 Å². The molecule has 1 aliphatic rings. The fourth-order valence-electron chi connectivity index (χ4n) is 2.36. The van der Waals surface area contributed by atoms with E-state index in [0.29, 0.717) is 19.7 Å². The van der Waals surface area contributed by atoms with Crippen molar-refractivity contribution in [3.63, 3.8) is 0 Å². The predicted octanol–water partition coefficient (Wildman–Crippen LogP) is 0.247. The number of rotatable bonds is 7. The van der Waals surface area contributed by atoms with Gasteiger partial charge in [-0.2, -0.15) is 0 Å². The molecule has 1 fully saturated rings. The van der Waals surface area contributed by atoms with E-state index in [1.807, 2.05) is 6.92 Å². The number of esters is 1. The molecule has 0 amide bonds. The Hall–Kier alpha value is -0.660. The van der Waals surface area contributed by atoms with Crippen LogP contribution in [0.5, 0.6) is 0 Å². The van der Waals surface area contributed by atoms with Crippen LogP contribution in [0.15, 0.2) is 0 Å². The van der Waals surface area contributed by atoms with Crippen molar-refractivity contribution in [3.8, 4) is 0 Å². The minimum absolute atomic E-state index is 0.0194. The molecule has 0 spiro atoms. The average Bonchev–Trinajstić information content (AvgIpc) is 2.34. The van der Waals surface area contributed by atoms with Gasteiger partial charge in [-0.15, -0.1) is 0 Å². The highest BCUT2D eigenvalue weighted by Crippen LogP contribution is 2.25. The van der Waals surface area contributed by atoms with Gasteiger partial charge in [0, 0.05) is 19.1 Å². The van der Waals surface area contributed by atoms with Crippen molar-refractivity contribution in [1.29, 1.82) is 0 Å². The van der Waals surface area contributed by atoms with Gasteiger partial charge in [-0.3, -0.25) is 4.79 Å². The first kappa shape index (κ1) is 16.4. The lowest BCUT2D eigenvalue weighted by Gasteiger charge is -2.28. The molecule has 6 nitrogen and oxygen atoms in total. The summed E-state index contributed by atoms with van der Waals surface area (Å²) in [4.78, 5) is 11.7. The van der Waals surface area contributed by atoms with Gasteiger partial charge in [0.15, 0.2) is 0 Å². The van der Waals surface area contributed by atoms with E-state index in [2.05, 4.69) is 10.0 Å². The van der Waals surface area contributed by atoms with Crippen molar-refractivity contribution in [2.75, 3.05) is 26.0 Å². The van der Waals surface area contributed by atoms with Gasteiger partial charge >= 0.3 is 5.97 Å². The number of carbonyl (C=O) groups is 1. The Morgan fingerprint density at radius 1 is 1.32 bits per heavy atom. The van der Waals surface area contributed by atoms with Crippen LogP contribution in [-0.4, -0.2) is 46.4 Å². The van der Waals surface area contributed by atoms with Crippen LogP contribution in [0.1, 0.15) is 32.6 Å². The van der Waals surface area contributed by atoms with Crippen molar-refractivity contribution < 1.29 is 17.9 Å². The summed E-state index contributed by atoms with van der Waals surface area (Å²) in [5, 5.41) is 3.29. The van der Waals surface area contributed by atoms with E-state index in [-0.39, 0.29) is 17.9 Å². The zero-order valence-electron chi connectivity index (χ0n) is 11.6. The Bertz CT molecular complexity index is 383. The van der Waals surface area contributed by atoms with Crippen molar-refractivity contribution in [1.82, 2.24) is 10.0 Å². The lowest BCUT2D eigenvalue weighted by Crippen LogP contribution is -2.40. The second kappa shape index (κ2) is 7.81. The largest absolute Gasteiger partial charge is 0.466 e. The first-order chi connectivity index (χ1) is 8.92. The maximum atomic E-state index is 11.7. The number of hydrogen-bond donors (Lipinski definition) is 2. The molecule has 7 heteroatoms. The smallest absolute Gasteiger partial charge is 0.308 e. The number of carbonyl (C=O) groups excluding carboxylic acids is 1. The van der Waals surface area contributed by atoms with Gasteiger partial charge in [0.05, 0.1) is 18.8 Å². The molecule has 112 valence electrons. The van der Waals surface area contributed by atoms with E-state index < -0.39 is 10.0 Å². The Kier molecular flexibility index (Phi) is 6.74.